The van der Waals surface area contributed by atoms with Crippen LogP contribution in [0.5, 0.6) is 5.75 Å². The number of ether oxygens (including phenoxy) is 1. The second kappa shape index (κ2) is 7.26. The van der Waals surface area contributed by atoms with E-state index in [1.807, 2.05) is 24.3 Å². The number of nitrogens with zero attached hydrogens (tertiary/aromatic N) is 4. The summed E-state index contributed by atoms with van der Waals surface area (Å²) in [7, 11) is 1.60. The maximum atomic E-state index is 13.3. The Bertz CT molecular complexity index is 892. The summed E-state index contributed by atoms with van der Waals surface area (Å²) in [5, 5.41) is 17.9. The number of rotatable bonds is 4. The lowest BCUT2D eigenvalue weighted by Gasteiger charge is -2.32. The smallest absolute Gasteiger partial charge is 0.326 e. The third-order valence-corrected chi connectivity index (χ3v) is 6.02. The van der Waals surface area contributed by atoms with Crippen molar-refractivity contribution in [1.29, 1.82) is 0 Å². The molecule has 0 bridgehead atoms. The highest BCUT2D eigenvalue weighted by molar-refractivity contribution is 5.96. The van der Waals surface area contributed by atoms with Gasteiger partial charge >= 0.3 is 5.97 Å². The predicted octanol–water partition coefficient (Wildman–Crippen LogP) is 2.44. The van der Waals surface area contributed by atoms with E-state index in [-0.39, 0.29) is 23.6 Å². The predicted molar refractivity (Wildman–Crippen MR) is 101 cm³/mol. The molecule has 1 saturated carbocycles. The Kier molecular flexibility index (Phi) is 4.78. The lowest BCUT2D eigenvalue weighted by Crippen LogP contribution is -2.46. The third kappa shape index (κ3) is 3.02. The first kappa shape index (κ1) is 18.5. The second-order valence-electron chi connectivity index (χ2n) is 7.55. The largest absolute Gasteiger partial charge is 0.497 e. The molecule has 0 radical (unpaired) electrons. The fraction of sp³-hybridized carbons (Fsp3) is 0.500. The molecule has 28 heavy (non-hydrogen) atoms. The third-order valence-electron chi connectivity index (χ3n) is 6.02. The Labute approximate surface area is 163 Å². The molecule has 8 heteroatoms. The molecule has 1 aromatic carbocycles. The van der Waals surface area contributed by atoms with Crippen molar-refractivity contribution in [2.75, 3.05) is 7.11 Å². The van der Waals surface area contributed by atoms with Gasteiger partial charge in [0.15, 0.2) is 5.69 Å². The molecule has 2 aromatic rings. The average molecular weight is 384 g/mol. The molecule has 2 heterocycles. The maximum absolute atomic E-state index is 13.3. The summed E-state index contributed by atoms with van der Waals surface area (Å²) in [6, 6.07) is 6.49. The average Bonchev–Trinajstić information content (AvgIpc) is 3.28. The molecule has 1 N–H and O–H groups in total. The van der Waals surface area contributed by atoms with E-state index in [9.17, 15) is 14.7 Å². The van der Waals surface area contributed by atoms with Gasteiger partial charge in [0.05, 0.1) is 18.5 Å². The van der Waals surface area contributed by atoms with Crippen molar-refractivity contribution in [3.8, 4) is 11.4 Å². The van der Waals surface area contributed by atoms with Crippen LogP contribution in [0.4, 0.5) is 0 Å². The summed E-state index contributed by atoms with van der Waals surface area (Å²) in [5.41, 5.74) is 1.57. The number of carboxylic acids is 1. The quantitative estimate of drug-likeness (QED) is 0.870. The van der Waals surface area contributed by atoms with Crippen molar-refractivity contribution in [2.24, 2.45) is 5.92 Å². The van der Waals surface area contributed by atoms with Gasteiger partial charge in [-0.3, -0.25) is 4.79 Å². The number of hydrogen-bond acceptors (Lipinski definition) is 5. The Morgan fingerprint density at radius 2 is 1.89 bits per heavy atom. The van der Waals surface area contributed by atoms with Crippen molar-refractivity contribution >= 4 is 11.9 Å². The molecule has 8 nitrogen and oxygen atoms in total. The van der Waals surface area contributed by atoms with Gasteiger partial charge in [0, 0.05) is 6.04 Å². The van der Waals surface area contributed by atoms with E-state index < -0.39 is 12.0 Å². The van der Waals surface area contributed by atoms with Gasteiger partial charge in [-0.1, -0.05) is 18.1 Å². The number of fused-ring (bicyclic) bond motifs is 1. The number of methoxy groups -OCH3 is 1. The summed E-state index contributed by atoms with van der Waals surface area (Å²) in [4.78, 5) is 26.7. The van der Waals surface area contributed by atoms with E-state index in [0.29, 0.717) is 12.1 Å². The maximum Gasteiger partial charge on any atom is 0.326 e. The summed E-state index contributed by atoms with van der Waals surface area (Å²) in [6.45, 7) is 1.78. The SMILES string of the molecule is COc1ccc(-n2nnc(C(=O)N3C(C(=O)O)CC4CCCCC43)c2C)cc1. The van der Waals surface area contributed by atoms with Gasteiger partial charge in [-0.05, 0) is 56.4 Å². The summed E-state index contributed by atoms with van der Waals surface area (Å²) < 4.78 is 6.76. The van der Waals surface area contributed by atoms with Crippen LogP contribution in [0.2, 0.25) is 0 Å². The van der Waals surface area contributed by atoms with Crippen LogP contribution in [0.25, 0.3) is 5.69 Å². The highest BCUT2D eigenvalue weighted by Crippen LogP contribution is 2.40. The zero-order chi connectivity index (χ0) is 19.8. The summed E-state index contributed by atoms with van der Waals surface area (Å²) in [6.07, 6.45) is 4.48. The molecule has 4 rings (SSSR count). The van der Waals surface area contributed by atoms with E-state index in [1.165, 1.54) is 0 Å². The number of carbonyl (C=O) groups excluding carboxylic acids is 1. The van der Waals surface area contributed by atoms with Crippen LogP contribution < -0.4 is 4.74 Å². The van der Waals surface area contributed by atoms with Crippen molar-refractivity contribution < 1.29 is 19.4 Å². The van der Waals surface area contributed by atoms with Crippen molar-refractivity contribution in [3.05, 3.63) is 35.7 Å². The van der Waals surface area contributed by atoms with Gasteiger partial charge in [-0.25, -0.2) is 9.48 Å². The van der Waals surface area contributed by atoms with Crippen molar-refractivity contribution in [3.63, 3.8) is 0 Å². The standard InChI is InChI=1S/C20H24N4O4/c1-12-18(21-22-24(12)14-7-9-15(28-2)10-8-14)19(25)23-16-6-4-3-5-13(16)11-17(23)20(26)27/h7-10,13,16-17H,3-6,11H2,1-2H3,(H,26,27). The van der Waals surface area contributed by atoms with Crippen LogP contribution in [-0.2, 0) is 4.79 Å². The highest BCUT2D eigenvalue weighted by atomic mass is 16.5. The highest BCUT2D eigenvalue weighted by Gasteiger charge is 2.48. The van der Waals surface area contributed by atoms with Gasteiger partial charge < -0.3 is 14.7 Å². The molecule has 3 unspecified atom stereocenters. The fourth-order valence-corrected chi connectivity index (χ4v) is 4.59. The van der Waals surface area contributed by atoms with Gasteiger partial charge in [0.2, 0.25) is 0 Å². The Hall–Kier alpha value is -2.90. The monoisotopic (exact) mass is 384 g/mol. The van der Waals surface area contributed by atoms with Gasteiger partial charge in [-0.15, -0.1) is 5.10 Å². The van der Waals surface area contributed by atoms with Crippen LogP contribution in [-0.4, -0.2) is 56.1 Å². The topological polar surface area (TPSA) is 97.5 Å². The molecule has 2 fully saturated rings. The number of carbonyl (C=O) groups is 2. The van der Waals surface area contributed by atoms with Crippen LogP contribution in [0.15, 0.2) is 24.3 Å². The molecule has 1 amide bonds. The van der Waals surface area contributed by atoms with E-state index in [1.54, 1.807) is 23.6 Å². The number of hydrogen-bond donors (Lipinski definition) is 1. The number of likely N-dealkylation sites (tertiary alicyclic amines) is 1. The fourth-order valence-electron chi connectivity index (χ4n) is 4.59. The normalized spacial score (nSPS) is 24.1. The first-order valence-electron chi connectivity index (χ1n) is 9.63. The number of aromatic nitrogens is 3. The van der Waals surface area contributed by atoms with Crippen molar-refractivity contribution in [2.45, 2.75) is 51.1 Å². The van der Waals surface area contributed by atoms with E-state index in [4.69, 9.17) is 4.74 Å². The number of carboxylic acid groups (broad SMARTS) is 1. The molecular weight excluding hydrogens is 360 g/mol. The Morgan fingerprint density at radius 1 is 1.18 bits per heavy atom. The molecule has 148 valence electrons. The molecule has 1 aromatic heterocycles. The van der Waals surface area contributed by atoms with Gasteiger partial charge in [-0.2, -0.15) is 0 Å². The first-order valence-corrected chi connectivity index (χ1v) is 9.63. The zero-order valence-corrected chi connectivity index (χ0v) is 16.0. The first-order chi connectivity index (χ1) is 13.5. The Balaban J connectivity index is 1.65. The second-order valence-corrected chi connectivity index (χ2v) is 7.55. The lowest BCUT2D eigenvalue weighted by molar-refractivity contribution is -0.141. The van der Waals surface area contributed by atoms with Gasteiger partial charge in [0.1, 0.15) is 11.8 Å². The molecule has 3 atom stereocenters. The van der Waals surface area contributed by atoms with E-state index in [2.05, 4.69) is 10.3 Å². The van der Waals surface area contributed by atoms with Crippen LogP contribution >= 0.6 is 0 Å². The van der Waals surface area contributed by atoms with Crippen LogP contribution in [0.1, 0.15) is 48.3 Å². The number of aliphatic carboxylic acids is 1. The molecule has 1 saturated heterocycles. The summed E-state index contributed by atoms with van der Waals surface area (Å²) >= 11 is 0. The zero-order valence-electron chi connectivity index (χ0n) is 16.0. The van der Waals surface area contributed by atoms with E-state index >= 15 is 0 Å². The number of benzene rings is 1. The van der Waals surface area contributed by atoms with Crippen LogP contribution in [0, 0.1) is 12.8 Å². The minimum atomic E-state index is -0.942. The van der Waals surface area contributed by atoms with E-state index in [0.717, 1.165) is 37.1 Å². The molecule has 0 spiro atoms. The summed E-state index contributed by atoms with van der Waals surface area (Å²) in [5.74, 6) is -0.291. The van der Waals surface area contributed by atoms with Gasteiger partial charge in [0.25, 0.3) is 5.91 Å². The Morgan fingerprint density at radius 3 is 2.57 bits per heavy atom. The minimum Gasteiger partial charge on any atom is -0.497 e. The molecule has 2 aliphatic rings. The van der Waals surface area contributed by atoms with Crippen LogP contribution in [0.3, 0.4) is 0 Å². The number of amides is 1. The molecule has 1 aliphatic carbocycles. The minimum absolute atomic E-state index is 0.0205. The molecule has 1 aliphatic heterocycles. The molecular formula is C20H24N4O4. The lowest BCUT2D eigenvalue weighted by atomic mass is 9.84. The van der Waals surface area contributed by atoms with Crippen molar-refractivity contribution in [1.82, 2.24) is 19.9 Å².